The Bertz CT molecular complexity index is 861. The molecule has 0 saturated heterocycles. The highest BCUT2D eigenvalue weighted by molar-refractivity contribution is 5.76. The number of benzene rings is 1. The van der Waals surface area contributed by atoms with Gasteiger partial charge in [-0.15, -0.1) is 0 Å². The van der Waals surface area contributed by atoms with Gasteiger partial charge in [0.05, 0.1) is 17.4 Å². The van der Waals surface area contributed by atoms with Gasteiger partial charge in [0.15, 0.2) is 5.82 Å². The molecule has 0 fully saturated rings. The van der Waals surface area contributed by atoms with Gasteiger partial charge in [-0.05, 0) is 30.3 Å². The molecular formula is C14H8F4N4. The number of nitrogen functional groups attached to an aromatic ring is 1. The number of aromatic nitrogens is 3. The summed E-state index contributed by atoms with van der Waals surface area (Å²) in [6.07, 6.45) is -3.37. The van der Waals surface area contributed by atoms with Gasteiger partial charge >= 0.3 is 6.18 Å². The van der Waals surface area contributed by atoms with Crippen molar-refractivity contribution in [3.63, 3.8) is 0 Å². The zero-order chi connectivity index (χ0) is 15.9. The number of alkyl halides is 3. The first kappa shape index (κ1) is 14.2. The number of hydrogen-bond acceptors (Lipinski definition) is 4. The SMILES string of the molecule is Nc1ccc(-c2ncc3nc(C(F)(F)F)ccc3n2)cc1F. The molecule has 0 radical (unpaired) electrons. The first-order valence-corrected chi connectivity index (χ1v) is 6.11. The normalized spacial score (nSPS) is 11.8. The second-order valence-electron chi connectivity index (χ2n) is 4.53. The van der Waals surface area contributed by atoms with Gasteiger partial charge in [0.25, 0.3) is 0 Å². The molecule has 8 heteroatoms. The van der Waals surface area contributed by atoms with E-state index in [-0.39, 0.29) is 22.5 Å². The average Bonchev–Trinajstić information content (AvgIpc) is 2.48. The highest BCUT2D eigenvalue weighted by Gasteiger charge is 2.32. The van der Waals surface area contributed by atoms with Crippen LogP contribution in [0.2, 0.25) is 0 Å². The van der Waals surface area contributed by atoms with E-state index in [1.807, 2.05) is 0 Å². The van der Waals surface area contributed by atoms with Crippen molar-refractivity contribution in [3.8, 4) is 11.4 Å². The molecule has 112 valence electrons. The Morgan fingerprint density at radius 2 is 1.73 bits per heavy atom. The first-order chi connectivity index (χ1) is 10.3. The Hall–Kier alpha value is -2.77. The van der Waals surface area contributed by atoms with Gasteiger partial charge in [-0.1, -0.05) is 0 Å². The Morgan fingerprint density at radius 1 is 0.955 bits per heavy atom. The van der Waals surface area contributed by atoms with Gasteiger partial charge < -0.3 is 5.73 Å². The Labute approximate surface area is 121 Å². The lowest BCUT2D eigenvalue weighted by Gasteiger charge is -2.07. The van der Waals surface area contributed by atoms with Gasteiger partial charge in [0, 0.05) is 5.56 Å². The molecule has 2 N–H and O–H groups in total. The number of pyridine rings is 1. The van der Waals surface area contributed by atoms with E-state index in [0.29, 0.717) is 5.56 Å². The molecule has 0 unspecified atom stereocenters. The van der Waals surface area contributed by atoms with Crippen molar-refractivity contribution in [1.29, 1.82) is 0 Å². The third-order valence-corrected chi connectivity index (χ3v) is 2.99. The predicted octanol–water partition coefficient (Wildman–Crippen LogP) is 3.43. The van der Waals surface area contributed by atoms with Crippen LogP contribution in [0.3, 0.4) is 0 Å². The Balaban J connectivity index is 2.08. The summed E-state index contributed by atoms with van der Waals surface area (Å²) in [5.74, 6) is -0.445. The second-order valence-corrected chi connectivity index (χ2v) is 4.53. The topological polar surface area (TPSA) is 64.7 Å². The van der Waals surface area contributed by atoms with Gasteiger partial charge in [0.1, 0.15) is 17.0 Å². The van der Waals surface area contributed by atoms with Crippen LogP contribution in [0.15, 0.2) is 36.5 Å². The minimum Gasteiger partial charge on any atom is -0.396 e. The Morgan fingerprint density at radius 3 is 2.41 bits per heavy atom. The number of nitrogens with zero attached hydrogens (tertiary/aromatic N) is 3. The van der Waals surface area contributed by atoms with Crippen LogP contribution in [0.4, 0.5) is 23.2 Å². The highest BCUT2D eigenvalue weighted by Crippen LogP contribution is 2.29. The first-order valence-electron chi connectivity index (χ1n) is 6.11. The predicted molar refractivity (Wildman–Crippen MR) is 72.1 cm³/mol. The lowest BCUT2D eigenvalue weighted by Crippen LogP contribution is -2.08. The summed E-state index contributed by atoms with van der Waals surface area (Å²) in [7, 11) is 0. The summed E-state index contributed by atoms with van der Waals surface area (Å²) in [5.41, 5.74) is 4.96. The number of rotatable bonds is 1. The summed E-state index contributed by atoms with van der Waals surface area (Å²) in [6.45, 7) is 0. The van der Waals surface area contributed by atoms with Crippen molar-refractivity contribution in [1.82, 2.24) is 15.0 Å². The monoisotopic (exact) mass is 308 g/mol. The maximum absolute atomic E-state index is 13.4. The standard InChI is InChI=1S/C14H8F4N4/c15-8-5-7(1-2-9(8)19)13-20-6-11-10(22-13)3-4-12(21-11)14(16,17)18/h1-6H,19H2. The number of anilines is 1. The van der Waals surface area contributed by atoms with Crippen LogP contribution in [-0.4, -0.2) is 15.0 Å². The number of halogens is 4. The number of nitrogens with two attached hydrogens (primary N) is 1. The lowest BCUT2D eigenvalue weighted by atomic mass is 10.2. The van der Waals surface area contributed by atoms with Crippen LogP contribution in [0.1, 0.15) is 5.69 Å². The van der Waals surface area contributed by atoms with Crippen molar-refractivity contribution in [2.75, 3.05) is 5.73 Å². The Kier molecular flexibility index (Phi) is 3.16. The van der Waals surface area contributed by atoms with Crippen LogP contribution in [0.5, 0.6) is 0 Å². The van der Waals surface area contributed by atoms with Crippen molar-refractivity contribution < 1.29 is 17.6 Å². The van der Waals surface area contributed by atoms with Crippen LogP contribution < -0.4 is 5.73 Å². The summed E-state index contributed by atoms with van der Waals surface area (Å²) < 4.78 is 51.2. The third kappa shape index (κ3) is 2.54. The van der Waals surface area contributed by atoms with Gasteiger partial charge in [-0.25, -0.2) is 19.3 Å². The quantitative estimate of drug-likeness (QED) is 0.552. The second kappa shape index (κ2) is 4.90. The molecule has 1 aromatic carbocycles. The molecule has 2 heterocycles. The van der Waals surface area contributed by atoms with Crippen molar-refractivity contribution in [2.45, 2.75) is 6.18 Å². The molecule has 0 aliphatic rings. The fraction of sp³-hybridized carbons (Fsp3) is 0.0714. The van der Waals surface area contributed by atoms with Crippen molar-refractivity contribution in [2.24, 2.45) is 0 Å². The summed E-state index contributed by atoms with van der Waals surface area (Å²) >= 11 is 0. The van der Waals surface area contributed by atoms with E-state index in [2.05, 4.69) is 15.0 Å². The highest BCUT2D eigenvalue weighted by atomic mass is 19.4. The maximum Gasteiger partial charge on any atom is 0.433 e. The van der Waals surface area contributed by atoms with E-state index in [4.69, 9.17) is 5.73 Å². The zero-order valence-corrected chi connectivity index (χ0v) is 10.9. The van der Waals surface area contributed by atoms with Crippen LogP contribution in [0, 0.1) is 5.82 Å². The van der Waals surface area contributed by atoms with E-state index in [9.17, 15) is 17.6 Å². The van der Waals surface area contributed by atoms with Crippen LogP contribution in [-0.2, 0) is 6.18 Å². The van der Waals surface area contributed by atoms with E-state index in [1.54, 1.807) is 0 Å². The largest absolute Gasteiger partial charge is 0.433 e. The van der Waals surface area contributed by atoms with E-state index in [0.717, 1.165) is 12.1 Å². The van der Waals surface area contributed by atoms with Crippen molar-refractivity contribution >= 4 is 16.7 Å². The molecule has 3 aromatic rings. The average molecular weight is 308 g/mol. The number of hydrogen-bond donors (Lipinski definition) is 1. The summed E-state index contributed by atoms with van der Waals surface area (Å²) in [4.78, 5) is 11.5. The fourth-order valence-electron chi connectivity index (χ4n) is 1.89. The molecule has 0 aliphatic carbocycles. The molecular weight excluding hydrogens is 300 g/mol. The summed E-state index contributed by atoms with van der Waals surface area (Å²) in [6, 6.07) is 6.08. The molecule has 0 aliphatic heterocycles. The maximum atomic E-state index is 13.4. The number of fused-ring (bicyclic) bond motifs is 1. The van der Waals surface area contributed by atoms with Gasteiger partial charge in [-0.2, -0.15) is 13.2 Å². The molecule has 22 heavy (non-hydrogen) atoms. The van der Waals surface area contributed by atoms with E-state index in [1.165, 1.54) is 24.4 Å². The smallest absolute Gasteiger partial charge is 0.396 e. The zero-order valence-electron chi connectivity index (χ0n) is 10.9. The van der Waals surface area contributed by atoms with Gasteiger partial charge in [0.2, 0.25) is 0 Å². The van der Waals surface area contributed by atoms with E-state index < -0.39 is 17.7 Å². The van der Waals surface area contributed by atoms with Crippen LogP contribution in [0.25, 0.3) is 22.4 Å². The molecule has 0 saturated carbocycles. The molecule has 3 rings (SSSR count). The minimum absolute atomic E-state index is 0.00879. The fourth-order valence-corrected chi connectivity index (χ4v) is 1.89. The third-order valence-electron chi connectivity index (χ3n) is 2.99. The molecule has 4 nitrogen and oxygen atoms in total. The molecule has 0 bridgehead atoms. The molecule has 0 amide bonds. The van der Waals surface area contributed by atoms with Crippen molar-refractivity contribution in [3.05, 3.63) is 48.0 Å². The molecule has 0 atom stereocenters. The minimum atomic E-state index is -4.53. The lowest BCUT2D eigenvalue weighted by molar-refractivity contribution is -0.140. The van der Waals surface area contributed by atoms with E-state index >= 15 is 0 Å². The van der Waals surface area contributed by atoms with Crippen LogP contribution >= 0.6 is 0 Å². The van der Waals surface area contributed by atoms with Gasteiger partial charge in [-0.3, -0.25) is 0 Å². The molecule has 0 spiro atoms. The summed E-state index contributed by atoms with van der Waals surface area (Å²) in [5, 5.41) is 0. The molecule has 2 aromatic heterocycles.